The van der Waals surface area contributed by atoms with Gasteiger partial charge in [-0.05, 0) is 25.0 Å². The minimum Gasteiger partial charge on any atom is -0.459 e. The number of carbonyl (C=O) groups is 4. The molecule has 2 aliphatic heterocycles. The summed E-state index contributed by atoms with van der Waals surface area (Å²) in [6.45, 7) is 1.31. The molecule has 0 N–H and O–H groups in total. The summed E-state index contributed by atoms with van der Waals surface area (Å²) in [5.74, 6) is -1.30. The first-order chi connectivity index (χ1) is 13.1. The van der Waals surface area contributed by atoms with Crippen LogP contribution in [0, 0.1) is 11.8 Å². The largest absolute Gasteiger partial charge is 0.459 e. The van der Waals surface area contributed by atoms with Gasteiger partial charge in [-0.15, -0.1) is 0 Å². The van der Waals surface area contributed by atoms with Gasteiger partial charge in [0.1, 0.15) is 6.54 Å². The minimum atomic E-state index is -0.321. The Bertz CT molecular complexity index is 766. The second kappa shape index (κ2) is 7.02. The maximum absolute atomic E-state index is 12.6. The van der Waals surface area contributed by atoms with E-state index < -0.39 is 0 Å². The average Bonchev–Trinajstić information content (AvgIpc) is 3.32. The fourth-order valence-electron chi connectivity index (χ4n) is 3.98. The van der Waals surface area contributed by atoms with Crippen LogP contribution in [0.5, 0.6) is 0 Å². The third-order valence-electron chi connectivity index (χ3n) is 5.54. The van der Waals surface area contributed by atoms with E-state index >= 15 is 0 Å². The molecule has 2 saturated heterocycles. The van der Waals surface area contributed by atoms with E-state index in [9.17, 15) is 19.2 Å². The lowest BCUT2D eigenvalue weighted by atomic mass is 9.85. The zero-order chi connectivity index (χ0) is 19.0. The van der Waals surface area contributed by atoms with Crippen LogP contribution < -0.4 is 0 Å². The van der Waals surface area contributed by atoms with Gasteiger partial charge in [-0.1, -0.05) is 12.2 Å². The molecule has 8 heteroatoms. The van der Waals surface area contributed by atoms with E-state index in [1.54, 1.807) is 21.9 Å². The van der Waals surface area contributed by atoms with Crippen LogP contribution in [-0.2, 0) is 14.4 Å². The van der Waals surface area contributed by atoms with Gasteiger partial charge in [-0.2, -0.15) is 0 Å². The molecule has 0 aromatic carbocycles. The smallest absolute Gasteiger partial charge is 0.289 e. The predicted octanol–water partition coefficient (Wildman–Crippen LogP) is 0.515. The average molecular weight is 371 g/mol. The van der Waals surface area contributed by atoms with E-state index in [1.807, 2.05) is 12.2 Å². The Morgan fingerprint density at radius 3 is 2.11 bits per heavy atom. The summed E-state index contributed by atoms with van der Waals surface area (Å²) < 4.78 is 5.12. The van der Waals surface area contributed by atoms with Crippen molar-refractivity contribution < 1.29 is 23.6 Å². The second-order valence-electron chi connectivity index (χ2n) is 7.07. The zero-order valence-electron chi connectivity index (χ0n) is 14.9. The SMILES string of the molecule is O=C(CN1C(=O)C2CC=CCC2C1=O)N1CCN(C(=O)c2ccco2)CC1. The number of allylic oxidation sites excluding steroid dienone is 2. The summed E-state index contributed by atoms with van der Waals surface area (Å²) >= 11 is 0. The lowest BCUT2D eigenvalue weighted by molar-refractivity contribution is -0.147. The number of amides is 4. The number of likely N-dealkylation sites (tertiary alicyclic amines) is 1. The highest BCUT2D eigenvalue weighted by Gasteiger charge is 2.48. The summed E-state index contributed by atoms with van der Waals surface area (Å²) in [6, 6.07) is 3.27. The van der Waals surface area contributed by atoms with E-state index in [-0.39, 0.29) is 47.8 Å². The molecule has 0 saturated carbocycles. The van der Waals surface area contributed by atoms with Crippen LogP contribution in [0.4, 0.5) is 0 Å². The number of imide groups is 1. The molecular weight excluding hydrogens is 350 g/mol. The van der Waals surface area contributed by atoms with Crippen molar-refractivity contribution in [3.05, 3.63) is 36.3 Å². The number of hydrogen-bond donors (Lipinski definition) is 0. The van der Waals surface area contributed by atoms with Crippen molar-refractivity contribution in [1.29, 1.82) is 0 Å². The monoisotopic (exact) mass is 371 g/mol. The fourth-order valence-corrected chi connectivity index (χ4v) is 3.98. The molecule has 4 amide bonds. The molecule has 3 heterocycles. The highest BCUT2D eigenvalue weighted by molar-refractivity contribution is 6.07. The first-order valence-electron chi connectivity index (χ1n) is 9.17. The zero-order valence-corrected chi connectivity index (χ0v) is 14.9. The molecule has 0 radical (unpaired) electrons. The topological polar surface area (TPSA) is 91.1 Å². The predicted molar refractivity (Wildman–Crippen MR) is 93.3 cm³/mol. The Morgan fingerprint density at radius 2 is 1.56 bits per heavy atom. The molecule has 4 rings (SSSR count). The van der Waals surface area contributed by atoms with Crippen molar-refractivity contribution in [3.8, 4) is 0 Å². The number of fused-ring (bicyclic) bond motifs is 1. The van der Waals surface area contributed by atoms with E-state index in [0.29, 0.717) is 39.0 Å². The van der Waals surface area contributed by atoms with Crippen molar-refractivity contribution >= 4 is 23.6 Å². The Kier molecular flexibility index (Phi) is 4.55. The van der Waals surface area contributed by atoms with Gasteiger partial charge in [0.25, 0.3) is 5.91 Å². The number of carbonyl (C=O) groups excluding carboxylic acids is 4. The third kappa shape index (κ3) is 3.15. The molecule has 142 valence electrons. The lowest BCUT2D eigenvalue weighted by Gasteiger charge is -2.35. The Labute approximate surface area is 156 Å². The standard InChI is InChI=1S/C19H21N3O5/c23-16(12-22-17(24)13-4-1-2-5-14(13)18(22)25)20-7-9-21(10-8-20)19(26)15-6-3-11-27-15/h1-3,6,11,13-14H,4-5,7-10,12H2. The van der Waals surface area contributed by atoms with Crippen molar-refractivity contribution in [1.82, 2.24) is 14.7 Å². The fraction of sp³-hybridized carbons (Fsp3) is 0.474. The van der Waals surface area contributed by atoms with Gasteiger partial charge in [-0.25, -0.2) is 0 Å². The lowest BCUT2D eigenvalue weighted by Crippen LogP contribution is -2.53. The van der Waals surface area contributed by atoms with Crippen LogP contribution in [0.15, 0.2) is 35.0 Å². The molecule has 0 bridgehead atoms. The van der Waals surface area contributed by atoms with Crippen LogP contribution in [0.3, 0.4) is 0 Å². The molecule has 8 nitrogen and oxygen atoms in total. The maximum atomic E-state index is 12.6. The summed E-state index contributed by atoms with van der Waals surface area (Å²) in [7, 11) is 0. The number of furan rings is 1. The van der Waals surface area contributed by atoms with Gasteiger partial charge in [0.15, 0.2) is 5.76 Å². The molecule has 27 heavy (non-hydrogen) atoms. The number of rotatable bonds is 3. The van der Waals surface area contributed by atoms with E-state index in [1.165, 1.54) is 6.26 Å². The van der Waals surface area contributed by atoms with Gasteiger partial charge in [0.2, 0.25) is 17.7 Å². The molecule has 1 aliphatic carbocycles. The minimum absolute atomic E-state index is 0.200. The van der Waals surface area contributed by atoms with Crippen LogP contribution in [0.2, 0.25) is 0 Å². The molecule has 2 atom stereocenters. The third-order valence-corrected chi connectivity index (χ3v) is 5.54. The summed E-state index contributed by atoms with van der Waals surface area (Å²) in [5, 5.41) is 0. The normalized spacial score (nSPS) is 25.1. The van der Waals surface area contributed by atoms with Crippen molar-refractivity contribution in [2.75, 3.05) is 32.7 Å². The van der Waals surface area contributed by atoms with Crippen LogP contribution in [0.1, 0.15) is 23.4 Å². The Balaban J connectivity index is 1.33. The summed E-state index contributed by atoms with van der Waals surface area (Å²) in [5.41, 5.74) is 0. The highest BCUT2D eigenvalue weighted by Crippen LogP contribution is 2.34. The molecule has 2 fully saturated rings. The van der Waals surface area contributed by atoms with Crippen LogP contribution in [-0.4, -0.2) is 71.1 Å². The summed E-state index contributed by atoms with van der Waals surface area (Å²) in [6.07, 6.45) is 6.42. The van der Waals surface area contributed by atoms with Crippen molar-refractivity contribution in [3.63, 3.8) is 0 Å². The van der Waals surface area contributed by atoms with E-state index in [0.717, 1.165) is 4.90 Å². The number of piperazine rings is 1. The van der Waals surface area contributed by atoms with E-state index in [2.05, 4.69) is 0 Å². The number of hydrogen-bond acceptors (Lipinski definition) is 5. The maximum Gasteiger partial charge on any atom is 0.289 e. The van der Waals surface area contributed by atoms with Gasteiger partial charge in [-0.3, -0.25) is 24.1 Å². The second-order valence-corrected chi connectivity index (χ2v) is 7.07. The van der Waals surface area contributed by atoms with Gasteiger partial charge in [0, 0.05) is 26.2 Å². The Morgan fingerprint density at radius 1 is 0.963 bits per heavy atom. The van der Waals surface area contributed by atoms with Crippen molar-refractivity contribution in [2.45, 2.75) is 12.8 Å². The first-order valence-corrected chi connectivity index (χ1v) is 9.17. The van der Waals surface area contributed by atoms with E-state index in [4.69, 9.17) is 4.42 Å². The molecule has 1 aromatic rings. The molecular formula is C19H21N3O5. The van der Waals surface area contributed by atoms with Crippen LogP contribution >= 0.6 is 0 Å². The van der Waals surface area contributed by atoms with Gasteiger partial charge < -0.3 is 14.2 Å². The molecule has 3 aliphatic rings. The van der Waals surface area contributed by atoms with Crippen LogP contribution in [0.25, 0.3) is 0 Å². The molecule has 2 unspecified atom stereocenters. The Hall–Kier alpha value is -2.90. The van der Waals surface area contributed by atoms with Gasteiger partial charge >= 0.3 is 0 Å². The van der Waals surface area contributed by atoms with Crippen molar-refractivity contribution in [2.24, 2.45) is 11.8 Å². The highest BCUT2D eigenvalue weighted by atomic mass is 16.3. The quantitative estimate of drug-likeness (QED) is 0.571. The first kappa shape index (κ1) is 17.5. The molecule has 0 spiro atoms. The molecule has 1 aromatic heterocycles. The number of nitrogens with zero attached hydrogens (tertiary/aromatic N) is 3. The van der Waals surface area contributed by atoms with Gasteiger partial charge in [0.05, 0.1) is 18.1 Å². The summed E-state index contributed by atoms with van der Waals surface area (Å²) in [4.78, 5) is 54.2.